The van der Waals surface area contributed by atoms with Crippen LogP contribution in [0.25, 0.3) is 5.69 Å². The molecule has 23 heavy (non-hydrogen) atoms. The van der Waals surface area contributed by atoms with Crippen LogP contribution in [0.5, 0.6) is 0 Å². The van der Waals surface area contributed by atoms with Gasteiger partial charge in [-0.1, -0.05) is 19.9 Å². The Labute approximate surface area is 135 Å². The fourth-order valence-electron chi connectivity index (χ4n) is 2.25. The number of nitrogens with one attached hydrogen (secondary N) is 2. The largest absolute Gasteiger partial charge is 0.337 e. The van der Waals surface area contributed by atoms with Gasteiger partial charge in [0.2, 0.25) is 0 Å². The molecule has 0 atom stereocenters. The number of carbonyl (C=O) groups is 1. The molecule has 1 aromatic carbocycles. The molecule has 0 saturated carbocycles. The molecule has 1 aromatic heterocycles. The number of benzene rings is 1. The maximum Gasteiger partial charge on any atom is 0.319 e. The fraction of sp³-hybridized carbons (Fsp3) is 0.467. The first-order valence-electron chi connectivity index (χ1n) is 7.75. The topological polar surface area (TPSA) is 88.0 Å². The van der Waals surface area contributed by atoms with Crippen molar-refractivity contribution in [2.45, 2.75) is 20.8 Å². The molecule has 0 fully saturated rings. The molecule has 8 heteroatoms. The molecule has 0 radical (unpaired) electrons. The van der Waals surface area contributed by atoms with Crippen molar-refractivity contribution >= 4 is 11.7 Å². The lowest BCUT2D eigenvalue weighted by Gasteiger charge is -2.18. The van der Waals surface area contributed by atoms with Crippen molar-refractivity contribution in [3.05, 3.63) is 30.1 Å². The predicted octanol–water partition coefficient (Wildman–Crippen LogP) is 1.43. The maximum absolute atomic E-state index is 12.0. The van der Waals surface area contributed by atoms with Crippen LogP contribution in [0.2, 0.25) is 0 Å². The molecule has 0 unspecified atom stereocenters. The minimum atomic E-state index is -0.219. The Morgan fingerprint density at radius 2 is 2.09 bits per heavy atom. The van der Waals surface area contributed by atoms with E-state index < -0.39 is 0 Å². The van der Waals surface area contributed by atoms with Crippen LogP contribution >= 0.6 is 0 Å². The van der Waals surface area contributed by atoms with Crippen LogP contribution in [0.4, 0.5) is 10.5 Å². The van der Waals surface area contributed by atoms with Gasteiger partial charge in [0.15, 0.2) is 0 Å². The van der Waals surface area contributed by atoms with Crippen LogP contribution in [0.15, 0.2) is 24.5 Å². The van der Waals surface area contributed by atoms with Gasteiger partial charge in [0, 0.05) is 18.8 Å². The Morgan fingerprint density at radius 1 is 1.30 bits per heavy atom. The minimum Gasteiger partial charge on any atom is -0.337 e. The summed E-state index contributed by atoms with van der Waals surface area (Å²) in [4.78, 5) is 14.2. The number of tetrazole rings is 1. The van der Waals surface area contributed by atoms with Gasteiger partial charge in [0.25, 0.3) is 0 Å². The van der Waals surface area contributed by atoms with E-state index in [-0.39, 0.29) is 6.03 Å². The molecule has 0 spiro atoms. The molecular weight excluding hydrogens is 294 g/mol. The van der Waals surface area contributed by atoms with E-state index in [0.717, 1.165) is 30.9 Å². The maximum atomic E-state index is 12.0. The standard InChI is InChI=1S/C15H23N7O/c1-4-21(5-2)9-8-16-15(23)18-13-7-6-12(3)14(10-13)22-11-17-19-20-22/h6-7,10-11H,4-5,8-9H2,1-3H3,(H2,16,18,23). The monoisotopic (exact) mass is 317 g/mol. The highest BCUT2D eigenvalue weighted by molar-refractivity contribution is 5.89. The van der Waals surface area contributed by atoms with Gasteiger partial charge in [-0.05, 0) is 48.1 Å². The third kappa shape index (κ3) is 4.75. The number of rotatable bonds is 7. The SMILES string of the molecule is CCN(CC)CCNC(=O)Nc1ccc(C)c(-n2cnnn2)c1. The van der Waals surface area contributed by atoms with Crippen molar-refractivity contribution in [1.82, 2.24) is 30.4 Å². The Bertz CT molecular complexity index is 623. The molecule has 0 saturated heterocycles. The number of aromatic nitrogens is 4. The number of carbonyl (C=O) groups excluding carboxylic acids is 1. The molecule has 0 bridgehead atoms. The Hall–Kier alpha value is -2.48. The normalized spacial score (nSPS) is 10.8. The van der Waals surface area contributed by atoms with Gasteiger partial charge in [-0.25, -0.2) is 9.48 Å². The summed E-state index contributed by atoms with van der Waals surface area (Å²) in [6.45, 7) is 9.58. The van der Waals surface area contributed by atoms with Gasteiger partial charge in [0.1, 0.15) is 6.33 Å². The highest BCUT2D eigenvalue weighted by Crippen LogP contribution is 2.18. The van der Waals surface area contributed by atoms with Crippen molar-refractivity contribution < 1.29 is 4.79 Å². The number of likely N-dealkylation sites (N-methyl/N-ethyl adjacent to an activating group) is 1. The average Bonchev–Trinajstić information content (AvgIpc) is 3.07. The summed E-state index contributed by atoms with van der Waals surface area (Å²) in [5.74, 6) is 0. The molecule has 124 valence electrons. The summed E-state index contributed by atoms with van der Waals surface area (Å²) in [6.07, 6.45) is 1.52. The number of hydrogen-bond donors (Lipinski definition) is 2. The zero-order chi connectivity index (χ0) is 16.7. The number of nitrogens with zero attached hydrogens (tertiary/aromatic N) is 5. The predicted molar refractivity (Wildman–Crippen MR) is 88.7 cm³/mol. The first-order valence-corrected chi connectivity index (χ1v) is 7.75. The molecule has 0 aliphatic heterocycles. The molecule has 0 aliphatic carbocycles. The average molecular weight is 317 g/mol. The van der Waals surface area contributed by atoms with E-state index in [1.165, 1.54) is 6.33 Å². The first kappa shape index (κ1) is 16.9. The van der Waals surface area contributed by atoms with Crippen molar-refractivity contribution in [1.29, 1.82) is 0 Å². The molecular formula is C15H23N7O. The highest BCUT2D eigenvalue weighted by Gasteiger charge is 2.07. The van der Waals surface area contributed by atoms with Crippen molar-refractivity contribution in [3.8, 4) is 5.69 Å². The lowest BCUT2D eigenvalue weighted by Crippen LogP contribution is -2.36. The van der Waals surface area contributed by atoms with Crippen LogP contribution in [0.3, 0.4) is 0 Å². The fourth-order valence-corrected chi connectivity index (χ4v) is 2.25. The molecule has 8 nitrogen and oxygen atoms in total. The second-order valence-electron chi connectivity index (χ2n) is 5.16. The summed E-state index contributed by atoms with van der Waals surface area (Å²) in [7, 11) is 0. The van der Waals surface area contributed by atoms with Gasteiger partial charge in [-0.2, -0.15) is 0 Å². The zero-order valence-electron chi connectivity index (χ0n) is 13.8. The number of urea groups is 1. The van der Waals surface area contributed by atoms with Gasteiger partial charge in [-0.15, -0.1) is 5.10 Å². The van der Waals surface area contributed by atoms with E-state index >= 15 is 0 Å². The Morgan fingerprint density at radius 3 is 2.74 bits per heavy atom. The minimum absolute atomic E-state index is 0.219. The van der Waals surface area contributed by atoms with E-state index in [2.05, 4.69) is 44.9 Å². The van der Waals surface area contributed by atoms with Crippen LogP contribution in [-0.2, 0) is 0 Å². The van der Waals surface area contributed by atoms with Crippen LogP contribution in [0, 0.1) is 6.92 Å². The van der Waals surface area contributed by atoms with Gasteiger partial charge in [0.05, 0.1) is 5.69 Å². The quantitative estimate of drug-likeness (QED) is 0.806. The molecule has 0 aliphatic rings. The Balaban J connectivity index is 1.93. The van der Waals surface area contributed by atoms with Gasteiger partial charge < -0.3 is 15.5 Å². The summed E-state index contributed by atoms with van der Waals surface area (Å²) in [5.41, 5.74) is 2.54. The number of aryl methyl sites for hydroxylation is 1. The van der Waals surface area contributed by atoms with E-state index in [4.69, 9.17) is 0 Å². The lowest BCUT2D eigenvalue weighted by atomic mass is 10.2. The van der Waals surface area contributed by atoms with Crippen LogP contribution in [0.1, 0.15) is 19.4 Å². The highest BCUT2D eigenvalue weighted by atomic mass is 16.2. The van der Waals surface area contributed by atoms with E-state index in [0.29, 0.717) is 12.2 Å². The summed E-state index contributed by atoms with van der Waals surface area (Å²) >= 11 is 0. The first-order chi connectivity index (χ1) is 11.1. The number of hydrogen-bond acceptors (Lipinski definition) is 5. The van der Waals surface area contributed by atoms with E-state index in [9.17, 15) is 4.79 Å². The molecule has 2 amide bonds. The third-order valence-corrected chi connectivity index (χ3v) is 3.67. The second-order valence-corrected chi connectivity index (χ2v) is 5.16. The van der Waals surface area contributed by atoms with Crippen molar-refractivity contribution in [3.63, 3.8) is 0 Å². The zero-order valence-corrected chi connectivity index (χ0v) is 13.8. The molecule has 1 heterocycles. The lowest BCUT2D eigenvalue weighted by molar-refractivity contribution is 0.248. The summed E-state index contributed by atoms with van der Waals surface area (Å²) in [5, 5.41) is 16.8. The Kier molecular flexibility index (Phi) is 6.04. The van der Waals surface area contributed by atoms with Gasteiger partial charge in [-0.3, -0.25) is 0 Å². The van der Waals surface area contributed by atoms with Crippen molar-refractivity contribution in [2.75, 3.05) is 31.5 Å². The number of anilines is 1. The molecule has 2 N–H and O–H groups in total. The molecule has 2 aromatic rings. The smallest absolute Gasteiger partial charge is 0.319 e. The second kappa shape index (κ2) is 8.23. The van der Waals surface area contributed by atoms with E-state index in [1.54, 1.807) is 4.68 Å². The molecule has 2 rings (SSSR count). The third-order valence-electron chi connectivity index (χ3n) is 3.67. The van der Waals surface area contributed by atoms with Crippen LogP contribution in [-0.4, -0.2) is 57.3 Å². The number of amides is 2. The summed E-state index contributed by atoms with van der Waals surface area (Å²) in [6, 6.07) is 5.40. The van der Waals surface area contributed by atoms with E-state index in [1.807, 2.05) is 25.1 Å². The van der Waals surface area contributed by atoms with Crippen molar-refractivity contribution in [2.24, 2.45) is 0 Å². The van der Waals surface area contributed by atoms with Crippen LogP contribution < -0.4 is 10.6 Å². The summed E-state index contributed by atoms with van der Waals surface area (Å²) < 4.78 is 1.57. The van der Waals surface area contributed by atoms with Gasteiger partial charge >= 0.3 is 6.03 Å².